The van der Waals surface area contributed by atoms with Crippen molar-refractivity contribution in [2.75, 3.05) is 14.2 Å². The first kappa shape index (κ1) is 14.2. The molecule has 0 amide bonds. The molecule has 0 aromatic heterocycles. The fourth-order valence-electron chi connectivity index (χ4n) is 1.16. The van der Waals surface area contributed by atoms with E-state index in [9.17, 15) is 9.59 Å². The Morgan fingerprint density at radius 1 is 1.17 bits per heavy atom. The van der Waals surface area contributed by atoms with Crippen molar-refractivity contribution in [2.45, 2.75) is 6.42 Å². The van der Waals surface area contributed by atoms with Crippen molar-refractivity contribution in [3.8, 4) is 0 Å². The molecule has 0 unspecified atom stereocenters. The molecule has 0 heterocycles. The van der Waals surface area contributed by atoms with Crippen LogP contribution in [0.4, 0.5) is 5.69 Å². The van der Waals surface area contributed by atoms with E-state index in [-0.39, 0.29) is 12.1 Å². The molecule has 0 saturated carbocycles. The Labute approximate surface area is 109 Å². The summed E-state index contributed by atoms with van der Waals surface area (Å²) in [7, 11) is 2.45. The third-order valence-corrected chi connectivity index (χ3v) is 2.30. The predicted molar refractivity (Wildman–Crippen MR) is 67.2 cm³/mol. The van der Waals surface area contributed by atoms with Gasteiger partial charge in [-0.2, -0.15) is 0 Å². The highest BCUT2D eigenvalue weighted by Gasteiger charge is 2.16. The van der Waals surface area contributed by atoms with Gasteiger partial charge >= 0.3 is 11.9 Å². The molecule has 0 radical (unpaired) electrons. The maximum absolute atomic E-state index is 11.4. The van der Waals surface area contributed by atoms with Gasteiger partial charge < -0.3 is 9.47 Å². The number of methoxy groups -OCH3 is 2. The third kappa shape index (κ3) is 4.18. The number of aliphatic imine (C=N–C) groups is 1. The molecule has 0 aliphatic heterocycles. The fourth-order valence-corrected chi connectivity index (χ4v) is 1.28. The van der Waals surface area contributed by atoms with Crippen LogP contribution in [0.15, 0.2) is 29.3 Å². The van der Waals surface area contributed by atoms with E-state index in [4.69, 9.17) is 11.6 Å². The molecule has 1 rings (SSSR count). The Kier molecular flexibility index (Phi) is 5.32. The van der Waals surface area contributed by atoms with E-state index < -0.39 is 11.9 Å². The Morgan fingerprint density at radius 2 is 1.78 bits per heavy atom. The minimum absolute atomic E-state index is 0.0216. The summed E-state index contributed by atoms with van der Waals surface area (Å²) in [5.41, 5.74) is 0.482. The Hall–Kier alpha value is -1.88. The van der Waals surface area contributed by atoms with Crippen LogP contribution in [0.1, 0.15) is 6.42 Å². The number of halogens is 1. The summed E-state index contributed by atoms with van der Waals surface area (Å²) in [6.07, 6.45) is -0.244. The second kappa shape index (κ2) is 6.76. The average Bonchev–Trinajstić information content (AvgIpc) is 2.39. The van der Waals surface area contributed by atoms with E-state index in [1.807, 2.05) is 0 Å². The lowest BCUT2D eigenvalue weighted by atomic mass is 10.2. The predicted octanol–water partition coefficient (Wildman–Crippen LogP) is 2.15. The van der Waals surface area contributed by atoms with Gasteiger partial charge in [0.05, 0.1) is 26.3 Å². The van der Waals surface area contributed by atoms with Crippen LogP contribution in [-0.4, -0.2) is 31.9 Å². The van der Waals surface area contributed by atoms with Crippen molar-refractivity contribution in [3.63, 3.8) is 0 Å². The Bertz CT molecular complexity index is 467. The molecular weight excluding hydrogens is 258 g/mol. The zero-order valence-electron chi connectivity index (χ0n) is 9.97. The standard InChI is InChI=1S/C12H12ClNO4/c1-17-11(15)7-10(12(16)18-2)14-9-5-3-8(13)4-6-9/h3-6H,7H2,1-2H3. The van der Waals surface area contributed by atoms with E-state index in [0.717, 1.165) is 0 Å². The van der Waals surface area contributed by atoms with Crippen LogP contribution in [0.2, 0.25) is 5.02 Å². The van der Waals surface area contributed by atoms with E-state index >= 15 is 0 Å². The van der Waals surface area contributed by atoms with Gasteiger partial charge in [-0.1, -0.05) is 11.6 Å². The summed E-state index contributed by atoms with van der Waals surface area (Å²) in [5, 5.41) is 0.557. The first-order valence-electron chi connectivity index (χ1n) is 5.05. The molecule has 0 N–H and O–H groups in total. The lowest BCUT2D eigenvalue weighted by molar-refractivity contribution is -0.140. The van der Waals surface area contributed by atoms with Crippen molar-refractivity contribution in [1.82, 2.24) is 0 Å². The maximum Gasteiger partial charge on any atom is 0.353 e. The van der Waals surface area contributed by atoms with Crippen LogP contribution in [0.25, 0.3) is 0 Å². The number of rotatable bonds is 4. The molecule has 5 nitrogen and oxygen atoms in total. The number of esters is 2. The summed E-state index contributed by atoms with van der Waals surface area (Å²) in [6.45, 7) is 0. The topological polar surface area (TPSA) is 65.0 Å². The van der Waals surface area contributed by atoms with Crippen LogP contribution < -0.4 is 0 Å². The highest BCUT2D eigenvalue weighted by Crippen LogP contribution is 2.17. The molecule has 0 bridgehead atoms. The van der Waals surface area contributed by atoms with Crippen LogP contribution in [0, 0.1) is 0 Å². The summed E-state index contributed by atoms with van der Waals surface area (Å²) in [6, 6.07) is 6.52. The van der Waals surface area contributed by atoms with Crippen molar-refractivity contribution >= 4 is 34.9 Å². The number of hydrogen-bond acceptors (Lipinski definition) is 5. The first-order valence-corrected chi connectivity index (χ1v) is 5.43. The normalized spacial score (nSPS) is 10.9. The minimum Gasteiger partial charge on any atom is -0.469 e. The highest BCUT2D eigenvalue weighted by atomic mass is 35.5. The van der Waals surface area contributed by atoms with Gasteiger partial charge in [-0.15, -0.1) is 0 Å². The molecule has 0 fully saturated rings. The number of hydrogen-bond donors (Lipinski definition) is 0. The van der Waals surface area contributed by atoms with Crippen molar-refractivity contribution in [3.05, 3.63) is 29.3 Å². The minimum atomic E-state index is -0.671. The largest absolute Gasteiger partial charge is 0.469 e. The van der Waals surface area contributed by atoms with Gasteiger partial charge in [0.1, 0.15) is 5.71 Å². The lowest BCUT2D eigenvalue weighted by Gasteiger charge is -2.03. The summed E-state index contributed by atoms with van der Waals surface area (Å²) < 4.78 is 9.03. The molecule has 1 aromatic rings. The third-order valence-electron chi connectivity index (χ3n) is 2.05. The van der Waals surface area contributed by atoms with Gasteiger partial charge in [0.15, 0.2) is 0 Å². The molecule has 0 aliphatic carbocycles. The van der Waals surface area contributed by atoms with Crippen molar-refractivity contribution in [2.24, 2.45) is 4.99 Å². The van der Waals surface area contributed by atoms with Gasteiger partial charge in [0, 0.05) is 5.02 Å². The molecule has 96 valence electrons. The Morgan fingerprint density at radius 3 is 2.28 bits per heavy atom. The fraction of sp³-hybridized carbons (Fsp3) is 0.250. The molecule has 0 atom stereocenters. The van der Waals surface area contributed by atoms with E-state index in [0.29, 0.717) is 10.7 Å². The van der Waals surface area contributed by atoms with Gasteiger partial charge in [-0.05, 0) is 24.3 Å². The highest BCUT2D eigenvalue weighted by molar-refractivity contribution is 6.39. The Balaban J connectivity index is 2.98. The molecule has 6 heteroatoms. The van der Waals surface area contributed by atoms with Crippen LogP contribution >= 0.6 is 11.6 Å². The summed E-state index contributed by atoms with van der Waals surface area (Å²) >= 11 is 5.73. The van der Waals surface area contributed by atoms with E-state index in [1.54, 1.807) is 24.3 Å². The van der Waals surface area contributed by atoms with E-state index in [2.05, 4.69) is 14.5 Å². The van der Waals surface area contributed by atoms with Crippen molar-refractivity contribution in [1.29, 1.82) is 0 Å². The van der Waals surface area contributed by atoms with Crippen molar-refractivity contribution < 1.29 is 19.1 Å². The van der Waals surface area contributed by atoms with Gasteiger partial charge in [0.2, 0.25) is 0 Å². The lowest BCUT2D eigenvalue weighted by Crippen LogP contribution is -2.20. The zero-order valence-corrected chi connectivity index (χ0v) is 10.7. The van der Waals surface area contributed by atoms with Crippen LogP contribution in [-0.2, 0) is 19.1 Å². The van der Waals surface area contributed by atoms with Gasteiger partial charge in [0.25, 0.3) is 0 Å². The van der Waals surface area contributed by atoms with Crippen LogP contribution in [0.3, 0.4) is 0 Å². The SMILES string of the molecule is COC(=O)CC(=Nc1ccc(Cl)cc1)C(=O)OC. The number of ether oxygens (including phenoxy) is 2. The number of nitrogens with zero attached hydrogens (tertiary/aromatic N) is 1. The smallest absolute Gasteiger partial charge is 0.353 e. The quantitative estimate of drug-likeness (QED) is 0.620. The molecule has 0 aliphatic rings. The second-order valence-electron chi connectivity index (χ2n) is 3.28. The van der Waals surface area contributed by atoms with E-state index in [1.165, 1.54) is 14.2 Å². The van der Waals surface area contributed by atoms with Gasteiger partial charge in [-0.3, -0.25) is 4.79 Å². The molecular formula is C12H12ClNO4. The zero-order chi connectivity index (χ0) is 13.5. The molecule has 0 saturated heterocycles. The maximum atomic E-state index is 11.4. The summed E-state index contributed by atoms with van der Waals surface area (Å²) in [5.74, 6) is -1.23. The molecule has 1 aromatic carbocycles. The van der Waals surface area contributed by atoms with Gasteiger partial charge in [-0.25, -0.2) is 9.79 Å². The summed E-state index contributed by atoms with van der Waals surface area (Å²) in [4.78, 5) is 26.6. The second-order valence-corrected chi connectivity index (χ2v) is 3.72. The first-order chi connectivity index (χ1) is 8.56. The number of carbonyl (C=O) groups excluding carboxylic acids is 2. The monoisotopic (exact) mass is 269 g/mol. The number of benzene rings is 1. The van der Waals surface area contributed by atoms with Crippen LogP contribution in [0.5, 0.6) is 0 Å². The molecule has 18 heavy (non-hydrogen) atoms. The average molecular weight is 270 g/mol. The number of carbonyl (C=O) groups is 2. The molecule has 0 spiro atoms.